The first-order chi connectivity index (χ1) is 8.59. The largest absolute Gasteiger partial charge is 0.468 e. The Morgan fingerprint density at radius 1 is 1.44 bits per heavy atom. The quantitative estimate of drug-likeness (QED) is 0.862. The molecule has 18 heavy (non-hydrogen) atoms. The summed E-state index contributed by atoms with van der Waals surface area (Å²) in [7, 11) is -2.92. The van der Waals surface area contributed by atoms with Gasteiger partial charge in [-0.2, -0.15) is 0 Å². The highest BCUT2D eigenvalue weighted by Gasteiger charge is 2.28. The van der Waals surface area contributed by atoms with Gasteiger partial charge in [-0.3, -0.25) is 0 Å². The number of furan rings is 1. The van der Waals surface area contributed by atoms with Crippen molar-refractivity contribution >= 4 is 9.84 Å². The Bertz CT molecular complexity index is 447. The van der Waals surface area contributed by atoms with E-state index in [1.165, 1.54) is 0 Å². The summed E-state index contributed by atoms with van der Waals surface area (Å²) in [6.45, 7) is 2.46. The third-order valence-corrected chi connectivity index (χ3v) is 5.88. The van der Waals surface area contributed by atoms with E-state index in [1.54, 1.807) is 6.26 Å². The molecule has 1 aliphatic rings. The van der Waals surface area contributed by atoms with Gasteiger partial charge in [-0.15, -0.1) is 0 Å². The van der Waals surface area contributed by atoms with Crippen molar-refractivity contribution in [2.45, 2.75) is 43.9 Å². The number of rotatable bonds is 6. The van der Waals surface area contributed by atoms with E-state index in [4.69, 9.17) is 4.42 Å². The first-order valence-electron chi connectivity index (χ1n) is 6.58. The van der Waals surface area contributed by atoms with Crippen molar-refractivity contribution in [3.05, 3.63) is 24.2 Å². The van der Waals surface area contributed by atoms with E-state index in [0.717, 1.165) is 31.4 Å². The molecule has 0 amide bonds. The van der Waals surface area contributed by atoms with E-state index in [1.807, 2.05) is 19.1 Å². The van der Waals surface area contributed by atoms with Crippen LogP contribution in [-0.4, -0.2) is 26.0 Å². The van der Waals surface area contributed by atoms with Gasteiger partial charge in [-0.25, -0.2) is 8.42 Å². The van der Waals surface area contributed by atoms with Crippen molar-refractivity contribution in [1.29, 1.82) is 0 Å². The number of nitrogens with one attached hydrogen (secondary N) is 1. The van der Waals surface area contributed by atoms with Gasteiger partial charge >= 0.3 is 0 Å². The van der Waals surface area contributed by atoms with Crippen molar-refractivity contribution in [1.82, 2.24) is 5.32 Å². The first-order valence-corrected chi connectivity index (χ1v) is 8.29. The lowest BCUT2D eigenvalue weighted by Crippen LogP contribution is -2.30. The molecule has 1 N–H and O–H groups in total. The summed E-state index contributed by atoms with van der Waals surface area (Å²) in [5, 5.41) is 3.09. The molecule has 102 valence electrons. The van der Waals surface area contributed by atoms with Gasteiger partial charge in [0.25, 0.3) is 0 Å². The van der Waals surface area contributed by atoms with Crippen LogP contribution in [0.5, 0.6) is 0 Å². The van der Waals surface area contributed by atoms with Crippen LogP contribution < -0.4 is 5.32 Å². The molecule has 0 bridgehead atoms. The fourth-order valence-corrected chi connectivity index (χ4v) is 4.26. The van der Waals surface area contributed by atoms with Crippen LogP contribution in [0.3, 0.4) is 0 Å². The fraction of sp³-hybridized carbons (Fsp3) is 0.692. The Morgan fingerprint density at radius 2 is 2.17 bits per heavy atom. The minimum atomic E-state index is -2.92. The second-order valence-corrected chi connectivity index (χ2v) is 7.37. The smallest absolute Gasteiger partial charge is 0.154 e. The van der Waals surface area contributed by atoms with Gasteiger partial charge in [-0.1, -0.05) is 12.8 Å². The average molecular weight is 271 g/mol. The van der Waals surface area contributed by atoms with E-state index in [9.17, 15) is 8.42 Å². The van der Waals surface area contributed by atoms with Crippen molar-refractivity contribution in [2.75, 3.05) is 12.3 Å². The lowest BCUT2D eigenvalue weighted by atomic mass is 10.2. The molecule has 1 aromatic rings. The molecule has 1 heterocycles. The Labute approximate surface area is 109 Å². The minimum absolute atomic E-state index is 0.0544. The number of hydrogen-bond donors (Lipinski definition) is 1. The predicted octanol–water partition coefficient (Wildman–Crippen LogP) is 2.29. The van der Waals surface area contributed by atoms with Crippen LogP contribution in [0.2, 0.25) is 0 Å². The first kappa shape index (κ1) is 13.6. The van der Waals surface area contributed by atoms with E-state index < -0.39 is 9.84 Å². The zero-order chi connectivity index (χ0) is 13.0. The van der Waals surface area contributed by atoms with Crippen LogP contribution in [0.1, 0.15) is 44.4 Å². The van der Waals surface area contributed by atoms with Crippen molar-refractivity contribution in [3.8, 4) is 0 Å². The third-order valence-electron chi connectivity index (χ3n) is 3.62. The molecule has 4 nitrogen and oxygen atoms in total. The molecule has 1 fully saturated rings. The summed E-state index contributed by atoms with van der Waals surface area (Å²) < 4.78 is 29.3. The van der Waals surface area contributed by atoms with Crippen molar-refractivity contribution < 1.29 is 12.8 Å². The zero-order valence-corrected chi connectivity index (χ0v) is 11.6. The molecule has 0 aliphatic heterocycles. The van der Waals surface area contributed by atoms with Crippen LogP contribution in [0.15, 0.2) is 22.8 Å². The molecule has 5 heteroatoms. The third kappa shape index (κ3) is 3.36. The van der Waals surface area contributed by atoms with E-state index in [0.29, 0.717) is 6.54 Å². The molecule has 0 radical (unpaired) electrons. The summed E-state index contributed by atoms with van der Waals surface area (Å²) in [4.78, 5) is 0. The summed E-state index contributed by atoms with van der Waals surface area (Å²) in [5.41, 5.74) is 0. The Hall–Kier alpha value is -0.810. The predicted molar refractivity (Wildman–Crippen MR) is 71.2 cm³/mol. The van der Waals surface area contributed by atoms with Crippen molar-refractivity contribution in [3.63, 3.8) is 0 Å². The number of hydrogen-bond acceptors (Lipinski definition) is 4. The second-order valence-electron chi connectivity index (χ2n) is 4.96. The Balaban J connectivity index is 1.78. The second kappa shape index (κ2) is 5.89. The van der Waals surface area contributed by atoms with Gasteiger partial charge in [0.05, 0.1) is 23.3 Å². The monoisotopic (exact) mass is 271 g/mol. The molecule has 1 saturated carbocycles. The van der Waals surface area contributed by atoms with Gasteiger partial charge in [0, 0.05) is 6.54 Å². The maximum absolute atomic E-state index is 12.0. The Kier molecular flexibility index (Phi) is 4.45. The van der Waals surface area contributed by atoms with Gasteiger partial charge in [-0.05, 0) is 31.9 Å². The van der Waals surface area contributed by atoms with Gasteiger partial charge in [0.2, 0.25) is 0 Å². The standard InChI is InChI=1S/C13H21NO3S/c1-11(13-7-4-9-17-13)14-8-10-18(15,16)12-5-2-3-6-12/h4,7,9,11-12,14H,2-3,5-6,8,10H2,1H3. The minimum Gasteiger partial charge on any atom is -0.468 e. The maximum Gasteiger partial charge on any atom is 0.154 e. The molecule has 2 rings (SSSR count). The summed E-state index contributed by atoms with van der Waals surface area (Å²) in [6.07, 6.45) is 5.43. The zero-order valence-electron chi connectivity index (χ0n) is 10.8. The van der Waals surface area contributed by atoms with Crippen LogP contribution in [0.4, 0.5) is 0 Å². The van der Waals surface area contributed by atoms with Crippen LogP contribution >= 0.6 is 0 Å². The molecule has 0 saturated heterocycles. The maximum atomic E-state index is 12.0. The molecule has 0 spiro atoms. The van der Waals surface area contributed by atoms with Gasteiger partial charge < -0.3 is 9.73 Å². The number of sulfone groups is 1. The average Bonchev–Trinajstić information content (AvgIpc) is 3.02. The molecule has 1 unspecified atom stereocenters. The topological polar surface area (TPSA) is 59.3 Å². The highest BCUT2D eigenvalue weighted by Crippen LogP contribution is 2.25. The van der Waals surface area contributed by atoms with Crippen LogP contribution in [0.25, 0.3) is 0 Å². The van der Waals surface area contributed by atoms with Gasteiger partial charge in [0.1, 0.15) is 5.76 Å². The molecular weight excluding hydrogens is 250 g/mol. The van der Waals surface area contributed by atoms with E-state index in [-0.39, 0.29) is 17.0 Å². The normalized spacial score (nSPS) is 19.2. The molecular formula is C13H21NO3S. The SMILES string of the molecule is CC(NCCS(=O)(=O)C1CCCC1)c1ccco1. The molecule has 0 aromatic carbocycles. The highest BCUT2D eigenvalue weighted by atomic mass is 32.2. The molecule has 1 atom stereocenters. The van der Waals surface area contributed by atoms with Crippen LogP contribution in [-0.2, 0) is 9.84 Å². The fourth-order valence-electron chi connectivity index (χ4n) is 2.47. The molecule has 1 aliphatic carbocycles. The molecule has 1 aromatic heterocycles. The highest BCUT2D eigenvalue weighted by molar-refractivity contribution is 7.92. The van der Waals surface area contributed by atoms with Crippen LogP contribution in [0, 0.1) is 0 Å². The lowest BCUT2D eigenvalue weighted by molar-refractivity contribution is 0.436. The lowest BCUT2D eigenvalue weighted by Gasteiger charge is -2.14. The van der Waals surface area contributed by atoms with Gasteiger partial charge in [0.15, 0.2) is 9.84 Å². The summed E-state index contributed by atoms with van der Waals surface area (Å²) in [6, 6.07) is 3.78. The summed E-state index contributed by atoms with van der Waals surface area (Å²) in [5.74, 6) is 1.07. The Morgan fingerprint density at radius 3 is 2.78 bits per heavy atom. The van der Waals surface area contributed by atoms with Crippen molar-refractivity contribution in [2.24, 2.45) is 0 Å². The van der Waals surface area contributed by atoms with E-state index in [2.05, 4.69) is 5.32 Å². The van der Waals surface area contributed by atoms with E-state index >= 15 is 0 Å². The summed E-state index contributed by atoms with van der Waals surface area (Å²) >= 11 is 0.